The number of rotatable bonds is 7. The standard InChI is InChI=1S/C25H21NO7S/c1-26(19-6-4-3-5-7-19)34(29,30)21-11-8-17(9-12-21)25(28)32-16-18-14-24(27)33-23-15-20(31-2)10-13-22(18)23/h3-15H,16H2,1-2H3. The number of carbonyl (C=O) groups excluding carboxylic acids is 1. The van der Waals surface area contributed by atoms with Gasteiger partial charge in [0.1, 0.15) is 17.9 Å². The summed E-state index contributed by atoms with van der Waals surface area (Å²) < 4.78 is 42.6. The van der Waals surface area contributed by atoms with Crippen molar-refractivity contribution in [3.63, 3.8) is 0 Å². The highest BCUT2D eigenvalue weighted by molar-refractivity contribution is 7.92. The van der Waals surface area contributed by atoms with Crippen molar-refractivity contribution < 1.29 is 27.1 Å². The van der Waals surface area contributed by atoms with Gasteiger partial charge in [-0.05, 0) is 48.5 Å². The van der Waals surface area contributed by atoms with Gasteiger partial charge >= 0.3 is 11.6 Å². The molecule has 0 aliphatic carbocycles. The molecule has 174 valence electrons. The molecule has 0 amide bonds. The second-order valence-electron chi connectivity index (χ2n) is 7.36. The molecule has 0 atom stereocenters. The summed E-state index contributed by atoms with van der Waals surface area (Å²) in [5.41, 5.74) is 0.906. The zero-order chi connectivity index (χ0) is 24.3. The molecule has 0 bridgehead atoms. The second-order valence-corrected chi connectivity index (χ2v) is 9.33. The number of hydrogen-bond donors (Lipinski definition) is 0. The Labute approximate surface area is 196 Å². The van der Waals surface area contributed by atoms with Crippen LogP contribution in [-0.2, 0) is 21.4 Å². The molecule has 1 heterocycles. The normalized spacial score (nSPS) is 11.2. The van der Waals surface area contributed by atoms with Crippen LogP contribution in [0, 0.1) is 0 Å². The quantitative estimate of drug-likeness (QED) is 0.292. The third-order valence-corrected chi connectivity index (χ3v) is 7.06. The van der Waals surface area contributed by atoms with E-state index in [4.69, 9.17) is 13.9 Å². The maximum atomic E-state index is 12.9. The largest absolute Gasteiger partial charge is 0.497 e. The van der Waals surface area contributed by atoms with Crippen LogP contribution < -0.4 is 14.7 Å². The van der Waals surface area contributed by atoms with Gasteiger partial charge in [-0.15, -0.1) is 0 Å². The van der Waals surface area contributed by atoms with Crippen LogP contribution in [0.5, 0.6) is 5.75 Å². The molecule has 8 nitrogen and oxygen atoms in total. The summed E-state index contributed by atoms with van der Waals surface area (Å²) >= 11 is 0. The summed E-state index contributed by atoms with van der Waals surface area (Å²) in [5, 5.41) is 0.610. The molecule has 0 radical (unpaired) electrons. The van der Waals surface area contributed by atoms with Crippen LogP contribution in [0.2, 0.25) is 0 Å². The fourth-order valence-electron chi connectivity index (χ4n) is 3.38. The number of carbonyl (C=O) groups is 1. The molecule has 0 N–H and O–H groups in total. The summed E-state index contributed by atoms with van der Waals surface area (Å²) in [6, 6.07) is 20.4. The van der Waals surface area contributed by atoms with Gasteiger partial charge < -0.3 is 13.9 Å². The van der Waals surface area contributed by atoms with E-state index in [0.29, 0.717) is 28.0 Å². The predicted molar refractivity (Wildman–Crippen MR) is 127 cm³/mol. The molecule has 1 aromatic heterocycles. The van der Waals surface area contributed by atoms with E-state index in [1.807, 2.05) is 0 Å². The number of hydrogen-bond acceptors (Lipinski definition) is 7. The monoisotopic (exact) mass is 479 g/mol. The summed E-state index contributed by atoms with van der Waals surface area (Å²) in [4.78, 5) is 24.5. The van der Waals surface area contributed by atoms with Gasteiger partial charge in [-0.25, -0.2) is 18.0 Å². The zero-order valence-electron chi connectivity index (χ0n) is 18.4. The van der Waals surface area contributed by atoms with E-state index >= 15 is 0 Å². The number of para-hydroxylation sites is 1. The number of esters is 1. The molecule has 4 aromatic rings. The first-order valence-electron chi connectivity index (χ1n) is 10.2. The number of sulfonamides is 1. The van der Waals surface area contributed by atoms with Gasteiger partial charge in [-0.3, -0.25) is 4.31 Å². The van der Waals surface area contributed by atoms with Gasteiger partial charge in [0.05, 0.1) is 23.3 Å². The van der Waals surface area contributed by atoms with E-state index in [1.54, 1.807) is 48.5 Å². The van der Waals surface area contributed by atoms with Gasteiger partial charge in [0.15, 0.2) is 0 Å². The lowest BCUT2D eigenvalue weighted by Crippen LogP contribution is -2.26. The molecular formula is C25H21NO7S. The Bertz CT molecular complexity index is 1490. The van der Waals surface area contributed by atoms with Crippen molar-refractivity contribution in [2.75, 3.05) is 18.5 Å². The summed E-state index contributed by atoms with van der Waals surface area (Å²) in [6.45, 7) is -0.163. The highest BCUT2D eigenvalue weighted by Crippen LogP contribution is 2.24. The first-order chi connectivity index (χ1) is 16.3. The minimum absolute atomic E-state index is 0.0380. The van der Waals surface area contributed by atoms with E-state index < -0.39 is 21.6 Å². The number of anilines is 1. The van der Waals surface area contributed by atoms with Crippen LogP contribution in [0.4, 0.5) is 5.69 Å². The molecular weight excluding hydrogens is 458 g/mol. The number of ether oxygens (including phenoxy) is 2. The van der Waals surface area contributed by atoms with Crippen molar-refractivity contribution in [2.24, 2.45) is 0 Å². The molecule has 0 spiro atoms. The molecule has 0 saturated carbocycles. The summed E-state index contributed by atoms with van der Waals surface area (Å²) in [6.07, 6.45) is 0. The van der Waals surface area contributed by atoms with E-state index in [1.165, 1.54) is 48.8 Å². The average molecular weight is 480 g/mol. The SMILES string of the molecule is COc1ccc2c(COC(=O)c3ccc(S(=O)(=O)N(C)c4ccccc4)cc3)cc(=O)oc2c1. The van der Waals surface area contributed by atoms with Crippen LogP contribution >= 0.6 is 0 Å². The molecule has 4 rings (SSSR count). The van der Waals surface area contributed by atoms with Gasteiger partial charge in [0.25, 0.3) is 10.0 Å². The van der Waals surface area contributed by atoms with E-state index in [-0.39, 0.29) is 17.1 Å². The Morgan fingerprint density at radius 3 is 2.35 bits per heavy atom. The predicted octanol–water partition coefficient (Wildman–Crippen LogP) is 3.98. The molecule has 34 heavy (non-hydrogen) atoms. The van der Waals surface area contributed by atoms with E-state index in [9.17, 15) is 18.0 Å². The number of nitrogens with zero attached hydrogens (tertiary/aromatic N) is 1. The van der Waals surface area contributed by atoms with Crippen molar-refractivity contribution in [1.82, 2.24) is 0 Å². The Balaban J connectivity index is 1.50. The van der Waals surface area contributed by atoms with Gasteiger partial charge in [0, 0.05) is 30.1 Å². The smallest absolute Gasteiger partial charge is 0.338 e. The summed E-state index contributed by atoms with van der Waals surface area (Å²) in [5.74, 6) is -0.131. The fraction of sp³-hybridized carbons (Fsp3) is 0.120. The van der Waals surface area contributed by atoms with Crippen molar-refractivity contribution in [2.45, 2.75) is 11.5 Å². The third kappa shape index (κ3) is 4.65. The average Bonchev–Trinajstić information content (AvgIpc) is 2.86. The lowest BCUT2D eigenvalue weighted by atomic mass is 10.1. The molecule has 3 aromatic carbocycles. The minimum atomic E-state index is -3.80. The molecule has 0 aliphatic rings. The van der Waals surface area contributed by atoms with E-state index in [2.05, 4.69) is 0 Å². The van der Waals surface area contributed by atoms with Gasteiger partial charge in [-0.1, -0.05) is 18.2 Å². The first kappa shape index (κ1) is 23.1. The molecule has 9 heteroatoms. The lowest BCUT2D eigenvalue weighted by molar-refractivity contribution is 0.0473. The maximum absolute atomic E-state index is 12.9. The molecule has 0 aliphatic heterocycles. The van der Waals surface area contributed by atoms with Crippen LogP contribution in [0.15, 0.2) is 93.0 Å². The van der Waals surface area contributed by atoms with Crippen LogP contribution in [-0.4, -0.2) is 28.5 Å². The van der Waals surface area contributed by atoms with Gasteiger partial charge in [-0.2, -0.15) is 0 Å². The number of fused-ring (bicyclic) bond motifs is 1. The highest BCUT2D eigenvalue weighted by atomic mass is 32.2. The first-order valence-corrected chi connectivity index (χ1v) is 11.7. The lowest BCUT2D eigenvalue weighted by Gasteiger charge is -2.19. The Morgan fingerprint density at radius 2 is 1.68 bits per heavy atom. The Kier molecular flexibility index (Phi) is 6.38. The topological polar surface area (TPSA) is 103 Å². The van der Waals surface area contributed by atoms with Gasteiger partial charge in [0.2, 0.25) is 0 Å². The Hall–Kier alpha value is -4.11. The third-order valence-electron chi connectivity index (χ3n) is 5.26. The van der Waals surface area contributed by atoms with Crippen molar-refractivity contribution in [3.05, 3.63) is 100 Å². The van der Waals surface area contributed by atoms with Crippen LogP contribution in [0.3, 0.4) is 0 Å². The number of methoxy groups -OCH3 is 1. The minimum Gasteiger partial charge on any atom is -0.497 e. The molecule has 0 saturated heterocycles. The van der Waals surface area contributed by atoms with Crippen LogP contribution in [0.25, 0.3) is 11.0 Å². The second kappa shape index (κ2) is 9.40. The van der Waals surface area contributed by atoms with Crippen LogP contribution in [0.1, 0.15) is 15.9 Å². The van der Waals surface area contributed by atoms with Crippen molar-refractivity contribution >= 4 is 32.6 Å². The van der Waals surface area contributed by atoms with Crippen molar-refractivity contribution in [3.8, 4) is 5.75 Å². The highest BCUT2D eigenvalue weighted by Gasteiger charge is 2.22. The van der Waals surface area contributed by atoms with E-state index in [0.717, 1.165) is 0 Å². The summed E-state index contributed by atoms with van der Waals surface area (Å²) in [7, 11) is -0.836. The Morgan fingerprint density at radius 1 is 0.971 bits per heavy atom. The fourth-order valence-corrected chi connectivity index (χ4v) is 4.58. The maximum Gasteiger partial charge on any atom is 0.338 e. The molecule has 0 unspecified atom stereocenters. The van der Waals surface area contributed by atoms with Crippen molar-refractivity contribution in [1.29, 1.82) is 0 Å². The zero-order valence-corrected chi connectivity index (χ0v) is 19.2. The number of benzene rings is 3. The molecule has 0 fully saturated rings.